The zero-order chi connectivity index (χ0) is 14.9. The minimum absolute atomic E-state index is 0.131. The van der Waals surface area contributed by atoms with Crippen LogP contribution in [0.25, 0.3) is 0 Å². The Labute approximate surface area is 116 Å². The zero-order valence-corrected chi connectivity index (χ0v) is 11.3. The number of phenols is 1. The largest absolute Gasteiger partial charge is 0.711 e. The van der Waals surface area contributed by atoms with Gasteiger partial charge in [-0.25, -0.2) is 14.1 Å². The highest BCUT2D eigenvalue weighted by atomic mass is 16.5. The molecule has 6 nitrogen and oxygen atoms in total. The second-order valence-electron chi connectivity index (χ2n) is 4.74. The number of aromatic nitrogens is 2. The van der Waals surface area contributed by atoms with Gasteiger partial charge in [0.2, 0.25) is 12.4 Å². The standard InChI is InChI=1S/C14H16N2O4/c1-9-10(2)16(20)8-15(9)13(14(18)19)7-11-3-5-12(17)6-4-11/h3-6,8,13,17H,7H2,1-2H3,(H,18,19)/t13-/m0/s1. The van der Waals surface area contributed by atoms with E-state index in [1.807, 2.05) is 0 Å². The summed E-state index contributed by atoms with van der Waals surface area (Å²) in [5, 5.41) is 30.2. The first kappa shape index (κ1) is 13.9. The van der Waals surface area contributed by atoms with Crippen LogP contribution in [0.1, 0.15) is 23.0 Å². The quantitative estimate of drug-likeness (QED) is 0.651. The van der Waals surface area contributed by atoms with Gasteiger partial charge in [0.05, 0.1) is 0 Å². The van der Waals surface area contributed by atoms with Gasteiger partial charge >= 0.3 is 5.97 Å². The molecule has 1 aromatic carbocycles. The van der Waals surface area contributed by atoms with E-state index < -0.39 is 12.0 Å². The van der Waals surface area contributed by atoms with Crippen LogP contribution in [-0.2, 0) is 11.2 Å². The average molecular weight is 276 g/mol. The Kier molecular flexibility index (Phi) is 3.65. The lowest BCUT2D eigenvalue weighted by molar-refractivity contribution is -0.611. The first-order chi connectivity index (χ1) is 9.40. The number of aromatic hydroxyl groups is 1. The molecule has 6 heteroatoms. The summed E-state index contributed by atoms with van der Waals surface area (Å²) >= 11 is 0. The molecule has 1 atom stereocenters. The Morgan fingerprint density at radius 2 is 1.95 bits per heavy atom. The van der Waals surface area contributed by atoms with Gasteiger partial charge < -0.3 is 15.4 Å². The van der Waals surface area contributed by atoms with Crippen LogP contribution < -0.4 is 4.73 Å². The maximum Gasteiger partial charge on any atom is 0.349 e. The van der Waals surface area contributed by atoms with Crippen LogP contribution in [0.4, 0.5) is 0 Å². The van der Waals surface area contributed by atoms with Gasteiger partial charge in [-0.1, -0.05) is 12.1 Å². The van der Waals surface area contributed by atoms with E-state index in [1.165, 1.54) is 23.0 Å². The van der Waals surface area contributed by atoms with Crippen molar-refractivity contribution < 1.29 is 19.7 Å². The number of imidazole rings is 1. The molecule has 0 radical (unpaired) electrons. The van der Waals surface area contributed by atoms with E-state index in [4.69, 9.17) is 0 Å². The van der Waals surface area contributed by atoms with Crippen molar-refractivity contribution in [1.82, 2.24) is 4.57 Å². The van der Waals surface area contributed by atoms with Crippen LogP contribution >= 0.6 is 0 Å². The van der Waals surface area contributed by atoms with Crippen LogP contribution in [0.2, 0.25) is 0 Å². The molecule has 0 bridgehead atoms. The van der Waals surface area contributed by atoms with Crippen LogP contribution in [0.5, 0.6) is 5.75 Å². The molecule has 1 heterocycles. The molecule has 106 valence electrons. The number of aliphatic carboxylic acids is 1. The van der Waals surface area contributed by atoms with Crippen molar-refractivity contribution in [2.24, 2.45) is 0 Å². The molecule has 0 aliphatic heterocycles. The SMILES string of the molecule is Cc1c(C)[n+]([O-])cn1[C@@H](Cc1ccc(O)cc1)C(=O)O. The van der Waals surface area contributed by atoms with Gasteiger partial charge in [-0.15, -0.1) is 0 Å². The highest BCUT2D eigenvalue weighted by molar-refractivity contribution is 5.72. The van der Waals surface area contributed by atoms with Gasteiger partial charge in [-0.3, -0.25) is 0 Å². The number of nitrogens with zero attached hydrogens (tertiary/aromatic N) is 2. The summed E-state index contributed by atoms with van der Waals surface area (Å²) in [6.45, 7) is 3.37. The predicted molar refractivity (Wildman–Crippen MR) is 71.3 cm³/mol. The molecule has 20 heavy (non-hydrogen) atoms. The third-order valence-corrected chi connectivity index (χ3v) is 3.46. The number of rotatable bonds is 4. The normalized spacial score (nSPS) is 12.3. The summed E-state index contributed by atoms with van der Waals surface area (Å²) in [6.07, 6.45) is 1.49. The summed E-state index contributed by atoms with van der Waals surface area (Å²) in [7, 11) is 0. The summed E-state index contributed by atoms with van der Waals surface area (Å²) in [5.74, 6) is -0.872. The van der Waals surface area contributed by atoms with Crippen LogP contribution in [0.3, 0.4) is 0 Å². The molecule has 0 fully saturated rings. The molecule has 0 saturated heterocycles. The summed E-state index contributed by atoms with van der Waals surface area (Å²) in [5.41, 5.74) is 1.89. The molecule has 2 rings (SSSR count). The van der Waals surface area contributed by atoms with Gasteiger partial charge in [0.1, 0.15) is 17.1 Å². The van der Waals surface area contributed by atoms with Crippen molar-refractivity contribution in [2.45, 2.75) is 26.3 Å². The fourth-order valence-corrected chi connectivity index (χ4v) is 2.11. The lowest BCUT2D eigenvalue weighted by atomic mass is 10.1. The Morgan fingerprint density at radius 3 is 2.40 bits per heavy atom. The monoisotopic (exact) mass is 276 g/mol. The van der Waals surface area contributed by atoms with E-state index in [2.05, 4.69) is 0 Å². The average Bonchev–Trinajstić information content (AvgIpc) is 2.65. The summed E-state index contributed by atoms with van der Waals surface area (Å²) in [6, 6.07) is 5.50. The molecule has 0 aliphatic carbocycles. The van der Waals surface area contributed by atoms with Crippen molar-refractivity contribution in [3.63, 3.8) is 0 Å². The Hall–Kier alpha value is -2.50. The molecule has 0 saturated carbocycles. The van der Waals surface area contributed by atoms with Crippen LogP contribution in [-0.4, -0.2) is 20.7 Å². The van der Waals surface area contributed by atoms with E-state index in [1.54, 1.807) is 26.0 Å². The smallest absolute Gasteiger partial charge is 0.349 e. The second-order valence-corrected chi connectivity index (χ2v) is 4.74. The van der Waals surface area contributed by atoms with Gasteiger partial charge in [-0.2, -0.15) is 0 Å². The van der Waals surface area contributed by atoms with Crippen molar-refractivity contribution >= 4 is 5.97 Å². The molecular formula is C14H16N2O4. The fourth-order valence-electron chi connectivity index (χ4n) is 2.11. The van der Waals surface area contributed by atoms with Crippen molar-refractivity contribution in [3.05, 3.63) is 52.8 Å². The lowest BCUT2D eigenvalue weighted by Gasteiger charge is -2.11. The van der Waals surface area contributed by atoms with Crippen molar-refractivity contribution in [3.8, 4) is 5.75 Å². The van der Waals surface area contributed by atoms with Gasteiger partial charge in [0.15, 0.2) is 0 Å². The molecule has 2 aromatic rings. The first-order valence-electron chi connectivity index (χ1n) is 6.18. The third-order valence-electron chi connectivity index (χ3n) is 3.46. The van der Waals surface area contributed by atoms with Crippen molar-refractivity contribution in [2.75, 3.05) is 0 Å². The minimum Gasteiger partial charge on any atom is -0.711 e. The molecule has 0 amide bonds. The fraction of sp³-hybridized carbons (Fsp3) is 0.286. The zero-order valence-electron chi connectivity index (χ0n) is 11.3. The van der Waals surface area contributed by atoms with Crippen LogP contribution in [0, 0.1) is 19.1 Å². The maximum atomic E-state index is 11.6. The molecule has 2 N–H and O–H groups in total. The number of carboxylic acid groups (broad SMARTS) is 1. The topological polar surface area (TPSA) is 89.4 Å². The Bertz CT molecular complexity index is 631. The van der Waals surface area contributed by atoms with Gasteiger partial charge in [0.25, 0.3) is 0 Å². The van der Waals surface area contributed by atoms with E-state index in [0.29, 0.717) is 16.1 Å². The summed E-state index contributed by atoms with van der Waals surface area (Å²) < 4.78 is 2.14. The van der Waals surface area contributed by atoms with E-state index in [9.17, 15) is 20.2 Å². The van der Waals surface area contributed by atoms with E-state index in [-0.39, 0.29) is 12.2 Å². The van der Waals surface area contributed by atoms with Gasteiger partial charge in [0, 0.05) is 20.3 Å². The first-order valence-corrected chi connectivity index (χ1v) is 6.18. The highest BCUT2D eigenvalue weighted by Crippen LogP contribution is 2.19. The maximum absolute atomic E-state index is 11.6. The van der Waals surface area contributed by atoms with Crippen LogP contribution in [0.15, 0.2) is 30.6 Å². The lowest BCUT2D eigenvalue weighted by Crippen LogP contribution is -2.27. The highest BCUT2D eigenvalue weighted by Gasteiger charge is 2.28. The summed E-state index contributed by atoms with van der Waals surface area (Å²) in [4.78, 5) is 11.5. The van der Waals surface area contributed by atoms with E-state index in [0.717, 1.165) is 5.56 Å². The Balaban J connectivity index is 2.34. The Morgan fingerprint density at radius 1 is 1.35 bits per heavy atom. The van der Waals surface area contributed by atoms with Gasteiger partial charge in [-0.05, 0) is 17.7 Å². The molecular weight excluding hydrogens is 260 g/mol. The number of hydrogen-bond acceptors (Lipinski definition) is 3. The number of hydrogen-bond donors (Lipinski definition) is 2. The number of carboxylic acids is 1. The van der Waals surface area contributed by atoms with E-state index >= 15 is 0 Å². The third kappa shape index (κ3) is 2.59. The number of phenolic OH excluding ortho intramolecular Hbond substituents is 1. The predicted octanol–water partition coefficient (Wildman–Crippen LogP) is 1.31. The molecule has 1 aromatic heterocycles. The molecule has 0 unspecified atom stereocenters. The molecule has 0 spiro atoms. The van der Waals surface area contributed by atoms with Crippen molar-refractivity contribution in [1.29, 1.82) is 0 Å². The number of carbonyl (C=O) groups is 1. The number of benzene rings is 1. The molecule has 0 aliphatic rings. The second kappa shape index (κ2) is 5.24. The minimum atomic E-state index is -1.00.